The summed E-state index contributed by atoms with van der Waals surface area (Å²) in [5, 5.41) is 13.9. The molecule has 2 saturated heterocycles. The van der Waals surface area contributed by atoms with E-state index in [-0.39, 0.29) is 17.5 Å². The number of likely N-dealkylation sites (tertiary alicyclic amines) is 1. The highest BCUT2D eigenvalue weighted by molar-refractivity contribution is 5.79. The molecule has 0 radical (unpaired) electrons. The molecule has 0 aliphatic carbocycles. The zero-order chi connectivity index (χ0) is 18.5. The smallest absolute Gasteiger partial charge is 0.287 e. The predicted molar refractivity (Wildman–Crippen MR) is 99.1 cm³/mol. The fourth-order valence-electron chi connectivity index (χ4n) is 3.98. The Bertz CT molecular complexity index is 636. The topological polar surface area (TPSA) is 91.6 Å². The molecule has 2 fully saturated rings. The van der Waals surface area contributed by atoms with Crippen LogP contribution in [0.1, 0.15) is 32.6 Å². The average Bonchev–Trinajstić information content (AvgIpc) is 3.14. The van der Waals surface area contributed by atoms with Crippen molar-refractivity contribution in [2.45, 2.75) is 38.6 Å². The van der Waals surface area contributed by atoms with Crippen LogP contribution in [0.5, 0.6) is 0 Å². The SMILES string of the molecule is CCN1CCC[C@H]1CNC(=O)[C@H]1CCCN(c2ccc([N+](=O)[O-])cn2)C1. The Kier molecular flexibility index (Phi) is 6.03. The molecule has 2 aliphatic rings. The number of hydrogen-bond acceptors (Lipinski definition) is 6. The van der Waals surface area contributed by atoms with Crippen LogP contribution in [0, 0.1) is 16.0 Å². The third kappa shape index (κ3) is 4.30. The number of piperidine rings is 1. The van der Waals surface area contributed by atoms with Crippen LogP contribution in [0.4, 0.5) is 11.5 Å². The number of rotatable bonds is 6. The van der Waals surface area contributed by atoms with E-state index in [9.17, 15) is 14.9 Å². The quantitative estimate of drug-likeness (QED) is 0.614. The van der Waals surface area contributed by atoms with E-state index in [4.69, 9.17) is 0 Å². The molecule has 1 N–H and O–H groups in total. The summed E-state index contributed by atoms with van der Waals surface area (Å²) in [5.74, 6) is 0.748. The lowest BCUT2D eigenvalue weighted by molar-refractivity contribution is -0.385. The van der Waals surface area contributed by atoms with Gasteiger partial charge in [-0.2, -0.15) is 0 Å². The Hall–Kier alpha value is -2.22. The van der Waals surface area contributed by atoms with Crippen molar-refractivity contribution in [1.82, 2.24) is 15.2 Å². The van der Waals surface area contributed by atoms with Crippen LogP contribution in [0.3, 0.4) is 0 Å². The molecule has 8 nitrogen and oxygen atoms in total. The number of carbonyl (C=O) groups is 1. The molecule has 3 heterocycles. The molecule has 2 aliphatic heterocycles. The van der Waals surface area contributed by atoms with Crippen molar-refractivity contribution in [3.63, 3.8) is 0 Å². The summed E-state index contributed by atoms with van der Waals surface area (Å²) in [5.41, 5.74) is -0.0166. The molecule has 0 saturated carbocycles. The largest absolute Gasteiger partial charge is 0.356 e. The van der Waals surface area contributed by atoms with E-state index in [0.29, 0.717) is 18.4 Å². The molecular formula is C18H27N5O3. The van der Waals surface area contributed by atoms with E-state index in [2.05, 4.69) is 22.1 Å². The number of nitrogens with one attached hydrogen (secondary N) is 1. The van der Waals surface area contributed by atoms with Crippen LogP contribution < -0.4 is 10.2 Å². The van der Waals surface area contributed by atoms with Gasteiger partial charge in [-0.05, 0) is 44.8 Å². The van der Waals surface area contributed by atoms with Crippen LogP contribution in [-0.2, 0) is 4.79 Å². The molecule has 0 aromatic carbocycles. The molecular weight excluding hydrogens is 334 g/mol. The van der Waals surface area contributed by atoms with Crippen molar-refractivity contribution in [2.24, 2.45) is 5.92 Å². The molecule has 0 bridgehead atoms. The minimum atomic E-state index is -0.453. The first-order chi connectivity index (χ1) is 12.6. The summed E-state index contributed by atoms with van der Waals surface area (Å²) < 4.78 is 0. The van der Waals surface area contributed by atoms with Crippen molar-refractivity contribution in [2.75, 3.05) is 37.6 Å². The van der Waals surface area contributed by atoms with Gasteiger partial charge < -0.3 is 10.2 Å². The fourth-order valence-corrected chi connectivity index (χ4v) is 3.98. The average molecular weight is 361 g/mol. The molecule has 3 rings (SSSR count). The monoisotopic (exact) mass is 361 g/mol. The van der Waals surface area contributed by atoms with Gasteiger partial charge in [0.1, 0.15) is 12.0 Å². The van der Waals surface area contributed by atoms with Crippen molar-refractivity contribution in [3.8, 4) is 0 Å². The Balaban J connectivity index is 1.54. The van der Waals surface area contributed by atoms with E-state index in [0.717, 1.165) is 45.4 Å². The maximum absolute atomic E-state index is 12.6. The maximum Gasteiger partial charge on any atom is 0.287 e. The second-order valence-corrected chi connectivity index (χ2v) is 7.09. The van der Waals surface area contributed by atoms with Crippen molar-refractivity contribution in [3.05, 3.63) is 28.4 Å². The Morgan fingerprint density at radius 1 is 1.35 bits per heavy atom. The Morgan fingerprint density at radius 2 is 2.15 bits per heavy atom. The second kappa shape index (κ2) is 8.44. The highest BCUT2D eigenvalue weighted by Gasteiger charge is 2.28. The van der Waals surface area contributed by atoms with Crippen molar-refractivity contribution >= 4 is 17.4 Å². The molecule has 0 spiro atoms. The normalized spacial score (nSPS) is 23.8. The number of pyridine rings is 1. The number of nitrogens with zero attached hydrogens (tertiary/aromatic N) is 4. The molecule has 8 heteroatoms. The van der Waals surface area contributed by atoms with Gasteiger partial charge in [0.2, 0.25) is 5.91 Å². The lowest BCUT2D eigenvalue weighted by Gasteiger charge is -2.33. The van der Waals surface area contributed by atoms with E-state index >= 15 is 0 Å². The van der Waals surface area contributed by atoms with Crippen molar-refractivity contribution < 1.29 is 9.72 Å². The highest BCUT2D eigenvalue weighted by Crippen LogP contribution is 2.23. The highest BCUT2D eigenvalue weighted by atomic mass is 16.6. The maximum atomic E-state index is 12.6. The summed E-state index contributed by atoms with van der Waals surface area (Å²) in [7, 11) is 0. The molecule has 26 heavy (non-hydrogen) atoms. The summed E-state index contributed by atoms with van der Waals surface area (Å²) in [6, 6.07) is 3.58. The minimum Gasteiger partial charge on any atom is -0.356 e. The summed E-state index contributed by atoms with van der Waals surface area (Å²) >= 11 is 0. The van der Waals surface area contributed by atoms with Crippen molar-refractivity contribution in [1.29, 1.82) is 0 Å². The molecule has 0 unspecified atom stereocenters. The molecule has 1 amide bonds. The van der Waals surface area contributed by atoms with Crippen LogP contribution in [-0.4, -0.2) is 59.5 Å². The number of amides is 1. The Labute approximate surface area is 153 Å². The first kappa shape index (κ1) is 18.6. The van der Waals surface area contributed by atoms with Crippen LogP contribution in [0.25, 0.3) is 0 Å². The summed E-state index contributed by atoms with van der Waals surface area (Å²) in [4.78, 5) is 31.6. The number of hydrogen-bond donors (Lipinski definition) is 1. The van der Waals surface area contributed by atoms with Gasteiger partial charge in [-0.25, -0.2) is 4.98 Å². The number of aromatic nitrogens is 1. The first-order valence-electron chi connectivity index (χ1n) is 9.45. The fraction of sp³-hybridized carbons (Fsp3) is 0.667. The first-order valence-corrected chi connectivity index (χ1v) is 9.45. The van der Waals surface area contributed by atoms with E-state index < -0.39 is 4.92 Å². The van der Waals surface area contributed by atoms with Gasteiger partial charge in [0, 0.05) is 31.7 Å². The summed E-state index contributed by atoms with van der Waals surface area (Å²) in [6.07, 6.45) is 5.42. The number of anilines is 1. The standard InChI is InChI=1S/C18H27N5O3/c1-2-21-9-4-6-15(21)11-20-18(24)14-5-3-10-22(13-14)17-8-7-16(12-19-17)23(25)26/h7-8,12,14-15H,2-6,9-11,13H2,1H3,(H,20,24)/t14-,15-/m0/s1. The molecule has 142 valence electrons. The van der Waals surface area contributed by atoms with Gasteiger partial charge in [0.25, 0.3) is 5.69 Å². The van der Waals surface area contributed by atoms with Gasteiger partial charge in [-0.3, -0.25) is 19.8 Å². The van der Waals surface area contributed by atoms with Gasteiger partial charge >= 0.3 is 0 Å². The van der Waals surface area contributed by atoms with E-state index in [1.165, 1.54) is 18.7 Å². The van der Waals surface area contributed by atoms with Gasteiger partial charge in [0.15, 0.2) is 0 Å². The lowest BCUT2D eigenvalue weighted by atomic mass is 9.97. The third-order valence-electron chi connectivity index (χ3n) is 5.48. The number of likely N-dealkylation sites (N-methyl/N-ethyl adjacent to an activating group) is 1. The third-order valence-corrected chi connectivity index (χ3v) is 5.48. The zero-order valence-corrected chi connectivity index (χ0v) is 15.3. The van der Waals surface area contributed by atoms with Crippen LogP contribution >= 0.6 is 0 Å². The molecule has 1 aromatic heterocycles. The lowest BCUT2D eigenvalue weighted by Crippen LogP contribution is -2.46. The van der Waals surface area contributed by atoms with Crippen LogP contribution in [0.15, 0.2) is 18.3 Å². The predicted octanol–water partition coefficient (Wildman–Crippen LogP) is 1.81. The van der Waals surface area contributed by atoms with Gasteiger partial charge in [-0.1, -0.05) is 6.92 Å². The summed E-state index contributed by atoms with van der Waals surface area (Å²) in [6.45, 7) is 6.47. The second-order valence-electron chi connectivity index (χ2n) is 7.09. The molecule has 1 aromatic rings. The van der Waals surface area contributed by atoms with Gasteiger partial charge in [0.05, 0.1) is 10.8 Å². The zero-order valence-electron chi connectivity index (χ0n) is 15.3. The van der Waals surface area contributed by atoms with E-state index in [1.807, 2.05) is 4.90 Å². The number of carbonyl (C=O) groups excluding carboxylic acids is 1. The van der Waals surface area contributed by atoms with E-state index in [1.54, 1.807) is 6.07 Å². The van der Waals surface area contributed by atoms with Crippen LogP contribution in [0.2, 0.25) is 0 Å². The van der Waals surface area contributed by atoms with Gasteiger partial charge in [-0.15, -0.1) is 0 Å². The Morgan fingerprint density at radius 3 is 2.85 bits per heavy atom. The number of nitro groups is 1. The molecule has 2 atom stereocenters. The minimum absolute atomic E-state index is 0.0166.